The van der Waals surface area contributed by atoms with Gasteiger partial charge in [0, 0.05) is 0 Å². The van der Waals surface area contributed by atoms with E-state index >= 15 is 0 Å². The summed E-state index contributed by atoms with van der Waals surface area (Å²) in [5, 5.41) is 8.95. The highest BCUT2D eigenvalue weighted by molar-refractivity contribution is 7.91. The standard InChI is InChI=1S/C12H16O5S/c1-9(2)17-7-8-18(15,16)11-6-4-3-5-10(11)12(13)14/h3-6,9H,7-8H2,1-2H3,(H,13,14). The summed E-state index contributed by atoms with van der Waals surface area (Å²) in [5.74, 6) is -1.48. The first-order valence-corrected chi connectivity index (χ1v) is 7.16. The van der Waals surface area contributed by atoms with Crippen molar-refractivity contribution in [2.24, 2.45) is 0 Å². The molecule has 0 heterocycles. The molecular formula is C12H16O5S. The van der Waals surface area contributed by atoms with Crippen molar-refractivity contribution >= 4 is 15.8 Å². The summed E-state index contributed by atoms with van der Waals surface area (Å²) in [4.78, 5) is 10.8. The van der Waals surface area contributed by atoms with E-state index < -0.39 is 15.8 Å². The molecule has 5 nitrogen and oxygen atoms in total. The number of aromatic carboxylic acids is 1. The summed E-state index contributed by atoms with van der Waals surface area (Å²) < 4.78 is 29.2. The number of sulfone groups is 1. The highest BCUT2D eigenvalue weighted by Crippen LogP contribution is 2.17. The Bertz CT molecular complexity index is 519. The van der Waals surface area contributed by atoms with Gasteiger partial charge >= 0.3 is 5.97 Å². The van der Waals surface area contributed by atoms with Crippen LogP contribution in [0.25, 0.3) is 0 Å². The van der Waals surface area contributed by atoms with E-state index in [9.17, 15) is 13.2 Å². The minimum Gasteiger partial charge on any atom is -0.478 e. The average molecular weight is 272 g/mol. The first-order chi connectivity index (χ1) is 8.34. The first-order valence-electron chi connectivity index (χ1n) is 5.51. The van der Waals surface area contributed by atoms with Crippen LogP contribution in [0, 0.1) is 0 Å². The Morgan fingerprint density at radius 3 is 2.50 bits per heavy atom. The highest BCUT2D eigenvalue weighted by Gasteiger charge is 2.21. The molecule has 0 saturated carbocycles. The normalized spacial score (nSPS) is 11.7. The van der Waals surface area contributed by atoms with Crippen LogP contribution in [0.2, 0.25) is 0 Å². The van der Waals surface area contributed by atoms with E-state index in [4.69, 9.17) is 9.84 Å². The van der Waals surface area contributed by atoms with Crippen LogP contribution in [0.3, 0.4) is 0 Å². The largest absolute Gasteiger partial charge is 0.478 e. The second kappa shape index (κ2) is 5.97. The van der Waals surface area contributed by atoms with Gasteiger partial charge in [0.15, 0.2) is 9.84 Å². The van der Waals surface area contributed by atoms with Crippen LogP contribution in [0.5, 0.6) is 0 Å². The second-order valence-corrected chi connectivity index (χ2v) is 6.12. The number of hydrogen-bond acceptors (Lipinski definition) is 4. The van der Waals surface area contributed by atoms with Crippen molar-refractivity contribution in [2.75, 3.05) is 12.4 Å². The van der Waals surface area contributed by atoms with Crippen molar-refractivity contribution in [1.29, 1.82) is 0 Å². The summed E-state index contributed by atoms with van der Waals surface area (Å²) in [7, 11) is -3.64. The Morgan fingerprint density at radius 1 is 1.33 bits per heavy atom. The third-order valence-corrected chi connectivity index (χ3v) is 3.99. The van der Waals surface area contributed by atoms with Crippen molar-refractivity contribution < 1.29 is 23.1 Å². The fourth-order valence-electron chi connectivity index (χ4n) is 1.42. The number of carbonyl (C=O) groups is 1. The van der Waals surface area contributed by atoms with E-state index in [0.29, 0.717) is 0 Å². The van der Waals surface area contributed by atoms with Gasteiger partial charge in [0.2, 0.25) is 0 Å². The first kappa shape index (κ1) is 14.7. The lowest BCUT2D eigenvalue weighted by Crippen LogP contribution is -2.17. The number of carboxylic acids is 1. The molecule has 0 atom stereocenters. The molecule has 0 spiro atoms. The molecule has 0 unspecified atom stereocenters. The molecule has 0 aliphatic heterocycles. The molecule has 0 aromatic heterocycles. The van der Waals surface area contributed by atoms with E-state index in [-0.39, 0.29) is 28.9 Å². The van der Waals surface area contributed by atoms with Gasteiger partial charge in [-0.15, -0.1) is 0 Å². The van der Waals surface area contributed by atoms with Crippen LogP contribution in [0.1, 0.15) is 24.2 Å². The lowest BCUT2D eigenvalue weighted by atomic mass is 10.2. The van der Waals surface area contributed by atoms with Crippen LogP contribution in [-0.2, 0) is 14.6 Å². The van der Waals surface area contributed by atoms with Gasteiger partial charge in [-0.1, -0.05) is 12.1 Å². The quantitative estimate of drug-likeness (QED) is 0.850. The van der Waals surface area contributed by atoms with Crippen molar-refractivity contribution in [1.82, 2.24) is 0 Å². The van der Waals surface area contributed by atoms with Gasteiger partial charge in [-0.2, -0.15) is 0 Å². The number of benzene rings is 1. The predicted molar refractivity (Wildman–Crippen MR) is 66.5 cm³/mol. The molecule has 0 saturated heterocycles. The zero-order valence-corrected chi connectivity index (χ0v) is 11.1. The maximum absolute atomic E-state index is 12.0. The molecule has 0 bridgehead atoms. The van der Waals surface area contributed by atoms with Gasteiger partial charge in [-0.25, -0.2) is 13.2 Å². The Kier molecular flexibility index (Phi) is 4.86. The van der Waals surface area contributed by atoms with Crippen LogP contribution in [-0.4, -0.2) is 38.0 Å². The third-order valence-electron chi connectivity index (χ3n) is 2.26. The average Bonchev–Trinajstić information content (AvgIpc) is 2.28. The molecular weight excluding hydrogens is 256 g/mol. The number of ether oxygens (including phenoxy) is 1. The molecule has 0 radical (unpaired) electrons. The number of rotatable bonds is 6. The molecule has 0 amide bonds. The molecule has 0 fully saturated rings. The summed E-state index contributed by atoms with van der Waals surface area (Å²) >= 11 is 0. The van der Waals surface area contributed by atoms with Crippen LogP contribution in [0.4, 0.5) is 0 Å². The Balaban J connectivity index is 2.95. The fraction of sp³-hybridized carbons (Fsp3) is 0.417. The molecule has 6 heteroatoms. The van der Waals surface area contributed by atoms with Crippen LogP contribution < -0.4 is 0 Å². The summed E-state index contributed by atoms with van der Waals surface area (Å²) in [6.45, 7) is 3.66. The lowest BCUT2D eigenvalue weighted by Gasteiger charge is -2.09. The number of carboxylic acid groups (broad SMARTS) is 1. The molecule has 18 heavy (non-hydrogen) atoms. The molecule has 0 aliphatic carbocycles. The van der Waals surface area contributed by atoms with Crippen LogP contribution >= 0.6 is 0 Å². The van der Waals surface area contributed by atoms with E-state index in [1.54, 1.807) is 13.8 Å². The van der Waals surface area contributed by atoms with Crippen LogP contribution in [0.15, 0.2) is 29.2 Å². The van der Waals surface area contributed by atoms with E-state index in [0.717, 1.165) is 0 Å². The van der Waals surface area contributed by atoms with Gasteiger partial charge < -0.3 is 9.84 Å². The Hall–Kier alpha value is -1.40. The van der Waals surface area contributed by atoms with Gasteiger partial charge in [0.25, 0.3) is 0 Å². The minimum atomic E-state index is -3.64. The molecule has 1 aromatic rings. The van der Waals surface area contributed by atoms with Gasteiger partial charge in [-0.3, -0.25) is 0 Å². The molecule has 1 aromatic carbocycles. The predicted octanol–water partition coefficient (Wildman–Crippen LogP) is 1.58. The van der Waals surface area contributed by atoms with Gasteiger partial charge in [0.1, 0.15) is 0 Å². The second-order valence-electron chi connectivity index (χ2n) is 4.04. The zero-order valence-electron chi connectivity index (χ0n) is 10.3. The zero-order chi connectivity index (χ0) is 13.8. The minimum absolute atomic E-state index is 0.0496. The maximum atomic E-state index is 12.0. The molecule has 1 N–H and O–H groups in total. The summed E-state index contributed by atoms with van der Waals surface area (Å²) in [5.41, 5.74) is -0.206. The summed E-state index contributed by atoms with van der Waals surface area (Å²) in [6.07, 6.45) is -0.0603. The van der Waals surface area contributed by atoms with Crippen molar-refractivity contribution in [2.45, 2.75) is 24.8 Å². The highest BCUT2D eigenvalue weighted by atomic mass is 32.2. The maximum Gasteiger partial charge on any atom is 0.337 e. The monoisotopic (exact) mass is 272 g/mol. The van der Waals surface area contributed by atoms with Crippen molar-refractivity contribution in [3.05, 3.63) is 29.8 Å². The van der Waals surface area contributed by atoms with Crippen molar-refractivity contribution in [3.63, 3.8) is 0 Å². The van der Waals surface area contributed by atoms with Gasteiger partial charge in [-0.05, 0) is 26.0 Å². The number of hydrogen-bond donors (Lipinski definition) is 1. The Morgan fingerprint density at radius 2 is 1.94 bits per heavy atom. The summed E-state index contributed by atoms with van der Waals surface area (Å²) in [6, 6.07) is 5.57. The molecule has 0 aliphatic rings. The lowest BCUT2D eigenvalue weighted by molar-refractivity contribution is 0.0692. The van der Waals surface area contributed by atoms with Crippen molar-refractivity contribution in [3.8, 4) is 0 Å². The Labute approximate surface area is 106 Å². The van der Waals surface area contributed by atoms with E-state index in [1.807, 2.05) is 0 Å². The SMILES string of the molecule is CC(C)OCCS(=O)(=O)c1ccccc1C(=O)O. The third kappa shape index (κ3) is 3.82. The fourth-order valence-corrected chi connectivity index (χ4v) is 2.73. The van der Waals surface area contributed by atoms with E-state index in [1.165, 1.54) is 24.3 Å². The molecule has 1 rings (SSSR count). The smallest absolute Gasteiger partial charge is 0.337 e. The van der Waals surface area contributed by atoms with Gasteiger partial charge in [0.05, 0.1) is 28.9 Å². The topological polar surface area (TPSA) is 80.7 Å². The van der Waals surface area contributed by atoms with E-state index in [2.05, 4.69) is 0 Å². The molecule has 100 valence electrons.